The maximum atomic E-state index is 14.5. The summed E-state index contributed by atoms with van der Waals surface area (Å²) in [4.78, 5) is 13.8. The maximum absolute atomic E-state index is 14.5. The van der Waals surface area contributed by atoms with Crippen molar-refractivity contribution >= 4 is 17.9 Å². The molecule has 9 heteroatoms. The van der Waals surface area contributed by atoms with Crippen molar-refractivity contribution in [1.82, 2.24) is 10.7 Å². The molecule has 146 valence electrons. The van der Waals surface area contributed by atoms with Crippen LogP contribution in [-0.2, 0) is 13.0 Å². The van der Waals surface area contributed by atoms with E-state index in [1.54, 1.807) is 6.07 Å². The fraction of sp³-hybridized carbons (Fsp3) is 0.263. The van der Waals surface area contributed by atoms with Crippen LogP contribution < -0.4 is 15.6 Å². The SMILES string of the molecule is O=C(NCc1cc(F)cc(F)c1)N1CCc2cc(C3C=NNC3F)c(F)cc21. The van der Waals surface area contributed by atoms with Gasteiger partial charge >= 0.3 is 6.03 Å². The van der Waals surface area contributed by atoms with Gasteiger partial charge in [0.05, 0.1) is 11.6 Å². The molecule has 2 aromatic rings. The monoisotopic (exact) mass is 392 g/mol. The van der Waals surface area contributed by atoms with E-state index in [9.17, 15) is 22.4 Å². The number of nitrogens with zero attached hydrogens (tertiary/aromatic N) is 2. The Bertz CT molecular complexity index is 945. The van der Waals surface area contributed by atoms with Gasteiger partial charge in [0, 0.05) is 30.9 Å². The molecule has 2 amide bonds. The third kappa shape index (κ3) is 3.39. The number of alkyl halides is 1. The van der Waals surface area contributed by atoms with Gasteiger partial charge in [-0.3, -0.25) is 10.3 Å². The van der Waals surface area contributed by atoms with E-state index < -0.39 is 35.7 Å². The standard InChI is InChI=1S/C19H16F4N4O/c20-12-3-10(4-13(21)6-12)8-24-19(28)27-2-1-11-5-14(16(22)7-17(11)27)15-9-25-26-18(15)23/h3-7,9,15,18,26H,1-2,8H2,(H,24,28). The molecule has 2 aromatic carbocycles. The highest BCUT2D eigenvalue weighted by Gasteiger charge is 2.32. The summed E-state index contributed by atoms with van der Waals surface area (Å²) < 4.78 is 54.8. The van der Waals surface area contributed by atoms with Crippen LogP contribution in [0.25, 0.3) is 0 Å². The quantitative estimate of drug-likeness (QED) is 0.622. The molecule has 0 saturated heterocycles. The van der Waals surface area contributed by atoms with Crippen LogP contribution >= 0.6 is 0 Å². The molecule has 2 aliphatic heterocycles. The zero-order valence-electron chi connectivity index (χ0n) is 14.6. The van der Waals surface area contributed by atoms with Crippen molar-refractivity contribution in [2.75, 3.05) is 11.4 Å². The zero-order valence-corrected chi connectivity index (χ0v) is 14.6. The molecular formula is C19H16F4N4O. The van der Waals surface area contributed by atoms with Crippen LogP contribution in [0.4, 0.5) is 28.0 Å². The number of amides is 2. The molecule has 2 aliphatic rings. The summed E-state index contributed by atoms with van der Waals surface area (Å²) in [7, 11) is 0. The van der Waals surface area contributed by atoms with Gasteiger partial charge in [-0.2, -0.15) is 5.10 Å². The Balaban J connectivity index is 1.50. The molecule has 2 heterocycles. The predicted octanol–water partition coefficient (Wildman–Crippen LogP) is 3.34. The number of nitrogens with one attached hydrogen (secondary N) is 2. The van der Waals surface area contributed by atoms with Gasteiger partial charge < -0.3 is 5.32 Å². The second-order valence-electron chi connectivity index (χ2n) is 6.68. The molecule has 0 radical (unpaired) electrons. The highest BCUT2D eigenvalue weighted by molar-refractivity contribution is 5.94. The molecule has 28 heavy (non-hydrogen) atoms. The topological polar surface area (TPSA) is 56.7 Å². The van der Waals surface area contributed by atoms with Gasteiger partial charge in [-0.15, -0.1) is 0 Å². The minimum Gasteiger partial charge on any atom is -0.334 e. The first-order valence-electron chi connectivity index (χ1n) is 8.68. The van der Waals surface area contributed by atoms with Gasteiger partial charge in [0.15, 0.2) is 6.30 Å². The minimum absolute atomic E-state index is 0.0757. The van der Waals surface area contributed by atoms with Crippen molar-refractivity contribution in [1.29, 1.82) is 0 Å². The van der Waals surface area contributed by atoms with Crippen LogP contribution in [0.5, 0.6) is 0 Å². The molecule has 0 saturated carbocycles. The molecule has 2 N–H and O–H groups in total. The average Bonchev–Trinajstić information content (AvgIpc) is 3.24. The number of carbonyl (C=O) groups excluding carboxylic acids is 1. The normalized spacial score (nSPS) is 20.2. The van der Waals surface area contributed by atoms with Crippen molar-refractivity contribution in [3.63, 3.8) is 0 Å². The number of halogens is 4. The third-order valence-corrected chi connectivity index (χ3v) is 4.81. The zero-order chi connectivity index (χ0) is 19.8. The predicted molar refractivity (Wildman–Crippen MR) is 95.3 cm³/mol. The fourth-order valence-electron chi connectivity index (χ4n) is 3.47. The van der Waals surface area contributed by atoms with Crippen LogP contribution in [0.3, 0.4) is 0 Å². The molecule has 4 rings (SSSR count). The highest BCUT2D eigenvalue weighted by atomic mass is 19.1. The highest BCUT2D eigenvalue weighted by Crippen LogP contribution is 2.34. The number of carbonyl (C=O) groups is 1. The Morgan fingerprint density at radius 3 is 2.61 bits per heavy atom. The van der Waals surface area contributed by atoms with E-state index in [1.807, 2.05) is 0 Å². The Labute approximate surface area is 158 Å². The van der Waals surface area contributed by atoms with E-state index in [4.69, 9.17) is 0 Å². The van der Waals surface area contributed by atoms with E-state index in [-0.39, 0.29) is 17.7 Å². The first-order valence-corrected chi connectivity index (χ1v) is 8.68. The molecule has 5 nitrogen and oxygen atoms in total. The summed E-state index contributed by atoms with van der Waals surface area (Å²) in [6, 6.07) is 5.24. The third-order valence-electron chi connectivity index (χ3n) is 4.81. The lowest BCUT2D eigenvalue weighted by Gasteiger charge is -2.19. The largest absolute Gasteiger partial charge is 0.334 e. The van der Waals surface area contributed by atoms with Gasteiger partial charge in [0.1, 0.15) is 17.5 Å². The first kappa shape index (κ1) is 18.3. The lowest BCUT2D eigenvalue weighted by molar-refractivity contribution is 0.246. The van der Waals surface area contributed by atoms with E-state index in [0.717, 1.165) is 23.8 Å². The van der Waals surface area contributed by atoms with Crippen LogP contribution in [0.2, 0.25) is 0 Å². The summed E-state index contributed by atoms with van der Waals surface area (Å²) in [6.45, 7) is 0.241. The van der Waals surface area contributed by atoms with Crippen LogP contribution in [0.15, 0.2) is 35.4 Å². The van der Waals surface area contributed by atoms with Crippen molar-refractivity contribution < 1.29 is 22.4 Å². The number of anilines is 1. The lowest BCUT2D eigenvalue weighted by Crippen LogP contribution is -2.38. The Morgan fingerprint density at radius 2 is 1.93 bits per heavy atom. The second kappa shape index (κ2) is 7.14. The van der Waals surface area contributed by atoms with E-state index in [0.29, 0.717) is 18.7 Å². The van der Waals surface area contributed by atoms with Gasteiger partial charge in [0.2, 0.25) is 0 Å². The second-order valence-corrected chi connectivity index (χ2v) is 6.68. The van der Waals surface area contributed by atoms with Gasteiger partial charge in [-0.05, 0) is 41.8 Å². The van der Waals surface area contributed by atoms with Gasteiger partial charge in [-0.25, -0.2) is 22.4 Å². The fourth-order valence-corrected chi connectivity index (χ4v) is 3.47. The summed E-state index contributed by atoms with van der Waals surface area (Å²) in [5.41, 5.74) is 3.80. The number of fused-ring (bicyclic) bond motifs is 1. The Morgan fingerprint density at radius 1 is 1.18 bits per heavy atom. The number of benzene rings is 2. The molecule has 0 fully saturated rings. The lowest BCUT2D eigenvalue weighted by atomic mass is 9.96. The summed E-state index contributed by atoms with van der Waals surface area (Å²) in [5, 5.41) is 6.19. The van der Waals surface area contributed by atoms with Gasteiger partial charge in [-0.1, -0.05) is 0 Å². The van der Waals surface area contributed by atoms with E-state index in [1.165, 1.54) is 17.2 Å². The number of rotatable bonds is 3. The summed E-state index contributed by atoms with van der Waals surface area (Å²) in [6.07, 6.45) is 0.298. The Hall–Kier alpha value is -3.10. The van der Waals surface area contributed by atoms with Crippen molar-refractivity contribution in [3.8, 4) is 0 Å². The first-order chi connectivity index (χ1) is 13.4. The molecule has 0 aromatic heterocycles. The maximum Gasteiger partial charge on any atom is 0.322 e. The number of urea groups is 1. The summed E-state index contributed by atoms with van der Waals surface area (Å²) >= 11 is 0. The minimum atomic E-state index is -1.50. The molecule has 0 bridgehead atoms. The van der Waals surface area contributed by atoms with Crippen molar-refractivity contribution in [3.05, 3.63) is 64.5 Å². The van der Waals surface area contributed by atoms with E-state index in [2.05, 4.69) is 15.8 Å². The molecule has 2 atom stereocenters. The molecule has 2 unspecified atom stereocenters. The average molecular weight is 392 g/mol. The molecule has 0 spiro atoms. The Kier molecular flexibility index (Phi) is 4.66. The smallest absolute Gasteiger partial charge is 0.322 e. The number of hydrazone groups is 1. The van der Waals surface area contributed by atoms with Crippen LogP contribution in [-0.4, -0.2) is 25.1 Å². The summed E-state index contributed by atoms with van der Waals surface area (Å²) in [5.74, 6) is -2.92. The van der Waals surface area contributed by atoms with E-state index >= 15 is 0 Å². The van der Waals surface area contributed by atoms with Crippen LogP contribution in [0, 0.1) is 17.5 Å². The molecular weight excluding hydrogens is 376 g/mol. The molecule has 0 aliphatic carbocycles. The number of hydrogen-bond acceptors (Lipinski definition) is 3. The number of hydrogen-bond donors (Lipinski definition) is 2. The van der Waals surface area contributed by atoms with Crippen molar-refractivity contribution in [2.45, 2.75) is 25.2 Å². The van der Waals surface area contributed by atoms with Crippen molar-refractivity contribution in [2.24, 2.45) is 5.10 Å². The van der Waals surface area contributed by atoms with Gasteiger partial charge in [0.25, 0.3) is 0 Å². The van der Waals surface area contributed by atoms with Crippen LogP contribution in [0.1, 0.15) is 22.6 Å².